The molecule has 0 N–H and O–H groups in total. The molecule has 0 radical (unpaired) electrons. The van der Waals surface area contributed by atoms with Gasteiger partial charge < -0.3 is 0 Å². The highest BCUT2D eigenvalue weighted by atomic mass is 79.9. The fourth-order valence-corrected chi connectivity index (χ4v) is 3.77. The van der Waals surface area contributed by atoms with E-state index in [0.717, 1.165) is 14.3 Å². The third-order valence-electron chi connectivity index (χ3n) is 2.95. The molecule has 22 heavy (non-hydrogen) atoms. The Bertz CT molecular complexity index is 748. The molecule has 0 aliphatic heterocycles. The fourth-order valence-electron chi connectivity index (χ4n) is 1.91. The second-order valence-corrected chi connectivity index (χ2v) is 7.84. The van der Waals surface area contributed by atoms with Gasteiger partial charge in [-0.15, -0.1) is 0 Å². The molecular weight excluding hydrogens is 390 g/mol. The molecule has 0 heterocycles. The van der Waals surface area contributed by atoms with E-state index in [1.165, 1.54) is 12.1 Å². The lowest BCUT2D eigenvalue weighted by Gasteiger charge is -2.20. The lowest BCUT2D eigenvalue weighted by molar-refractivity contribution is -0.111. The molecule has 0 aromatic heterocycles. The molecule has 0 unspecified atom stereocenters. The Kier molecular flexibility index (Phi) is 5.74. The van der Waals surface area contributed by atoms with E-state index < -0.39 is 15.3 Å². The summed E-state index contributed by atoms with van der Waals surface area (Å²) in [6.07, 6.45) is 0. The number of hydrogen-bond acceptors (Lipinski definition) is 3. The Hall–Kier alpha value is -1.21. The van der Waals surface area contributed by atoms with Gasteiger partial charge in [0.15, 0.2) is 0 Å². The lowest BCUT2D eigenvalue weighted by atomic mass is 10.2. The normalized spacial score (nSPS) is 11.6. The maximum Gasteiger partial charge on any atom is 0.243 e. The topological polar surface area (TPSA) is 54.5 Å². The van der Waals surface area contributed by atoms with Crippen molar-refractivity contribution in [3.63, 3.8) is 0 Å². The number of hydrogen-bond donors (Lipinski definition) is 0. The van der Waals surface area contributed by atoms with E-state index in [2.05, 4.69) is 15.9 Å². The van der Waals surface area contributed by atoms with Gasteiger partial charge in [0.2, 0.25) is 15.3 Å². The van der Waals surface area contributed by atoms with Gasteiger partial charge >= 0.3 is 0 Å². The van der Waals surface area contributed by atoms with Gasteiger partial charge in [0.25, 0.3) is 0 Å². The Labute approximate surface area is 142 Å². The largest absolute Gasteiger partial charge is 0.280 e. The van der Waals surface area contributed by atoms with Crippen LogP contribution in [0.25, 0.3) is 0 Å². The zero-order valence-corrected chi connectivity index (χ0v) is 14.6. The summed E-state index contributed by atoms with van der Waals surface area (Å²) in [6, 6.07) is 15.3. The number of halogens is 2. The van der Waals surface area contributed by atoms with Crippen molar-refractivity contribution < 1.29 is 13.2 Å². The van der Waals surface area contributed by atoms with Gasteiger partial charge in [0.1, 0.15) is 0 Å². The lowest BCUT2D eigenvalue weighted by Crippen LogP contribution is -2.34. The van der Waals surface area contributed by atoms with Crippen LogP contribution in [0.15, 0.2) is 64.0 Å². The number of rotatable bonds is 6. The molecule has 0 saturated carbocycles. The van der Waals surface area contributed by atoms with E-state index >= 15 is 0 Å². The van der Waals surface area contributed by atoms with Crippen molar-refractivity contribution in [1.82, 2.24) is 4.31 Å². The Morgan fingerprint density at radius 3 is 2.18 bits per heavy atom. The van der Waals surface area contributed by atoms with Crippen LogP contribution in [0.5, 0.6) is 0 Å². The summed E-state index contributed by atoms with van der Waals surface area (Å²) < 4.78 is 27.2. The highest BCUT2D eigenvalue weighted by Gasteiger charge is 2.26. The van der Waals surface area contributed by atoms with Crippen LogP contribution in [-0.4, -0.2) is 24.5 Å². The SMILES string of the molecule is O=C(Cl)CN(Cc1ccccc1)S(=O)(=O)c1ccc(Br)cc1. The molecule has 2 aromatic rings. The second kappa shape index (κ2) is 7.37. The minimum absolute atomic E-state index is 0.0810. The van der Waals surface area contributed by atoms with Crippen molar-refractivity contribution in [2.75, 3.05) is 6.54 Å². The maximum absolute atomic E-state index is 12.7. The summed E-state index contributed by atoms with van der Waals surface area (Å²) in [4.78, 5) is 11.3. The first-order valence-electron chi connectivity index (χ1n) is 6.37. The van der Waals surface area contributed by atoms with Crippen molar-refractivity contribution in [3.8, 4) is 0 Å². The average Bonchev–Trinajstić information content (AvgIpc) is 2.47. The molecule has 0 amide bonds. The first-order valence-corrected chi connectivity index (χ1v) is 8.98. The van der Waals surface area contributed by atoms with E-state index in [1.807, 2.05) is 18.2 Å². The van der Waals surface area contributed by atoms with Crippen LogP contribution in [0.3, 0.4) is 0 Å². The summed E-state index contributed by atoms with van der Waals surface area (Å²) in [7, 11) is -3.80. The molecule has 0 aliphatic rings. The van der Waals surface area contributed by atoms with Crippen LogP contribution in [-0.2, 0) is 21.4 Å². The number of carbonyl (C=O) groups is 1. The van der Waals surface area contributed by atoms with Gasteiger partial charge in [-0.3, -0.25) is 4.79 Å². The van der Waals surface area contributed by atoms with Crippen molar-refractivity contribution >= 4 is 42.8 Å². The molecule has 0 atom stereocenters. The summed E-state index contributed by atoms with van der Waals surface area (Å²) in [5, 5.41) is -0.725. The summed E-state index contributed by atoms with van der Waals surface area (Å²) >= 11 is 8.66. The van der Waals surface area contributed by atoms with Crippen LogP contribution in [0.4, 0.5) is 0 Å². The maximum atomic E-state index is 12.7. The molecule has 0 saturated heterocycles. The van der Waals surface area contributed by atoms with Crippen LogP contribution in [0.2, 0.25) is 0 Å². The zero-order valence-electron chi connectivity index (χ0n) is 11.4. The quantitative estimate of drug-likeness (QED) is 0.696. The average molecular weight is 403 g/mol. The molecule has 2 aromatic carbocycles. The van der Waals surface area contributed by atoms with Gasteiger partial charge in [0, 0.05) is 11.0 Å². The molecule has 2 rings (SSSR count). The highest BCUT2D eigenvalue weighted by Crippen LogP contribution is 2.21. The predicted octanol–water partition coefficient (Wildman–Crippen LogP) is 3.41. The number of sulfonamides is 1. The van der Waals surface area contributed by atoms with Gasteiger partial charge in [-0.25, -0.2) is 8.42 Å². The van der Waals surface area contributed by atoms with Crippen molar-refractivity contribution in [1.29, 1.82) is 0 Å². The van der Waals surface area contributed by atoms with E-state index in [9.17, 15) is 13.2 Å². The van der Waals surface area contributed by atoms with Gasteiger partial charge in [0.05, 0.1) is 11.4 Å². The Morgan fingerprint density at radius 1 is 1.05 bits per heavy atom. The number of nitrogens with zero attached hydrogens (tertiary/aromatic N) is 1. The molecule has 0 fully saturated rings. The van der Waals surface area contributed by atoms with Crippen molar-refractivity contribution in [3.05, 3.63) is 64.6 Å². The van der Waals surface area contributed by atoms with E-state index in [0.29, 0.717) is 0 Å². The van der Waals surface area contributed by atoms with Crippen LogP contribution in [0, 0.1) is 0 Å². The van der Waals surface area contributed by atoms with Crippen molar-refractivity contribution in [2.45, 2.75) is 11.4 Å². The van der Waals surface area contributed by atoms with E-state index in [4.69, 9.17) is 11.6 Å². The minimum Gasteiger partial charge on any atom is -0.280 e. The summed E-state index contributed by atoms with van der Waals surface area (Å²) in [5.74, 6) is 0. The summed E-state index contributed by atoms with van der Waals surface area (Å²) in [5.41, 5.74) is 0.779. The molecule has 116 valence electrons. The van der Waals surface area contributed by atoms with Crippen LogP contribution >= 0.6 is 27.5 Å². The van der Waals surface area contributed by atoms with Crippen molar-refractivity contribution in [2.24, 2.45) is 0 Å². The monoisotopic (exact) mass is 401 g/mol. The van der Waals surface area contributed by atoms with Crippen LogP contribution < -0.4 is 0 Å². The minimum atomic E-state index is -3.80. The smallest absolute Gasteiger partial charge is 0.243 e. The van der Waals surface area contributed by atoms with Crippen LogP contribution in [0.1, 0.15) is 5.56 Å². The predicted molar refractivity (Wildman–Crippen MR) is 89.0 cm³/mol. The number of carbonyl (C=O) groups excluding carboxylic acids is 1. The Balaban J connectivity index is 2.35. The molecule has 0 spiro atoms. The van der Waals surface area contributed by atoms with Gasteiger partial charge in [-0.05, 0) is 41.4 Å². The summed E-state index contributed by atoms with van der Waals surface area (Å²) in [6.45, 7) is -0.299. The third kappa shape index (κ3) is 4.39. The molecule has 4 nitrogen and oxygen atoms in total. The zero-order chi connectivity index (χ0) is 16.2. The van der Waals surface area contributed by atoms with E-state index in [-0.39, 0.29) is 18.0 Å². The second-order valence-electron chi connectivity index (χ2n) is 4.57. The molecule has 0 bridgehead atoms. The molecular formula is C15H13BrClNO3S. The fraction of sp³-hybridized carbons (Fsp3) is 0.133. The molecule has 0 aliphatic carbocycles. The van der Waals surface area contributed by atoms with Gasteiger partial charge in [-0.1, -0.05) is 46.3 Å². The molecule has 7 heteroatoms. The third-order valence-corrected chi connectivity index (χ3v) is 5.41. The van der Waals surface area contributed by atoms with Gasteiger partial charge in [-0.2, -0.15) is 4.31 Å². The Morgan fingerprint density at radius 2 is 1.64 bits per heavy atom. The first kappa shape index (κ1) is 17.1. The standard InChI is InChI=1S/C15H13BrClNO3S/c16-13-6-8-14(9-7-13)22(20,21)18(11-15(17)19)10-12-4-2-1-3-5-12/h1-9H,10-11H2. The first-order chi connectivity index (χ1) is 10.4. The number of benzene rings is 2. The highest BCUT2D eigenvalue weighted by molar-refractivity contribution is 9.10. The van der Waals surface area contributed by atoms with E-state index in [1.54, 1.807) is 24.3 Å².